The van der Waals surface area contributed by atoms with Gasteiger partial charge in [0.1, 0.15) is 5.82 Å². The molecule has 0 radical (unpaired) electrons. The van der Waals surface area contributed by atoms with Crippen LogP contribution in [0.3, 0.4) is 0 Å². The Morgan fingerprint density at radius 1 is 1.35 bits per heavy atom. The zero-order valence-electron chi connectivity index (χ0n) is 11.4. The van der Waals surface area contributed by atoms with E-state index in [2.05, 4.69) is 10.4 Å². The summed E-state index contributed by atoms with van der Waals surface area (Å²) in [5.41, 5.74) is 0.785. The molecule has 1 aromatic heterocycles. The molecule has 106 valence electrons. The maximum Gasteiger partial charge on any atom is 0.228 e. The Kier molecular flexibility index (Phi) is 3.93. The van der Waals surface area contributed by atoms with Crippen LogP contribution in [0.4, 0.5) is 5.82 Å². The highest BCUT2D eigenvalue weighted by atomic mass is 16.3. The largest absolute Gasteiger partial charge is 0.504 e. The van der Waals surface area contributed by atoms with E-state index in [-0.39, 0.29) is 23.3 Å². The Morgan fingerprint density at radius 2 is 2.10 bits per heavy atom. The number of anilines is 1. The highest BCUT2D eigenvalue weighted by Gasteiger charge is 2.15. The van der Waals surface area contributed by atoms with Crippen LogP contribution in [0, 0.1) is 5.92 Å². The maximum absolute atomic E-state index is 12.1. The highest BCUT2D eigenvalue weighted by Crippen LogP contribution is 2.26. The van der Waals surface area contributed by atoms with Crippen LogP contribution in [-0.4, -0.2) is 25.9 Å². The number of benzene rings is 1. The van der Waals surface area contributed by atoms with Crippen molar-refractivity contribution in [2.75, 3.05) is 5.32 Å². The van der Waals surface area contributed by atoms with Crippen LogP contribution in [0.25, 0.3) is 0 Å². The summed E-state index contributed by atoms with van der Waals surface area (Å²) in [5.74, 6) is -0.104. The van der Waals surface area contributed by atoms with Gasteiger partial charge in [-0.2, -0.15) is 5.10 Å². The summed E-state index contributed by atoms with van der Waals surface area (Å²) in [6, 6.07) is 6.28. The first kappa shape index (κ1) is 13.9. The maximum atomic E-state index is 12.1. The first-order valence-corrected chi connectivity index (χ1v) is 6.27. The number of nitrogens with one attached hydrogen (secondary N) is 1. The van der Waals surface area contributed by atoms with Gasteiger partial charge in [0.25, 0.3) is 0 Å². The molecular weight excluding hydrogens is 258 g/mol. The third-order valence-corrected chi connectivity index (χ3v) is 3.10. The lowest BCUT2D eigenvalue weighted by Gasteiger charge is -2.12. The predicted molar refractivity (Wildman–Crippen MR) is 74.5 cm³/mol. The first-order chi connectivity index (χ1) is 9.47. The van der Waals surface area contributed by atoms with Gasteiger partial charge in [0, 0.05) is 19.0 Å². The Hall–Kier alpha value is -2.50. The Balaban J connectivity index is 2.00. The van der Waals surface area contributed by atoms with E-state index in [1.807, 2.05) is 0 Å². The van der Waals surface area contributed by atoms with Crippen molar-refractivity contribution >= 4 is 11.7 Å². The predicted octanol–water partition coefficient (Wildman–Crippen LogP) is 1.65. The number of aryl methyl sites for hydroxylation is 1. The molecule has 0 saturated carbocycles. The summed E-state index contributed by atoms with van der Waals surface area (Å²) < 4.78 is 1.58. The van der Waals surface area contributed by atoms with Crippen molar-refractivity contribution < 1.29 is 15.0 Å². The van der Waals surface area contributed by atoms with Crippen LogP contribution >= 0.6 is 0 Å². The average molecular weight is 275 g/mol. The summed E-state index contributed by atoms with van der Waals surface area (Å²) >= 11 is 0. The third-order valence-electron chi connectivity index (χ3n) is 3.10. The van der Waals surface area contributed by atoms with Gasteiger partial charge < -0.3 is 15.5 Å². The minimum Gasteiger partial charge on any atom is -0.504 e. The molecule has 2 aromatic rings. The minimum atomic E-state index is -0.270. The van der Waals surface area contributed by atoms with Crippen molar-refractivity contribution in [2.45, 2.75) is 13.3 Å². The summed E-state index contributed by atoms with van der Waals surface area (Å²) in [6.07, 6.45) is 2.08. The van der Waals surface area contributed by atoms with Gasteiger partial charge in [-0.1, -0.05) is 13.0 Å². The van der Waals surface area contributed by atoms with E-state index in [0.29, 0.717) is 12.2 Å². The van der Waals surface area contributed by atoms with Gasteiger partial charge in [0.2, 0.25) is 5.91 Å². The summed E-state index contributed by atoms with van der Waals surface area (Å²) in [7, 11) is 1.75. The number of carbonyl (C=O) groups excluding carboxylic acids is 1. The molecule has 0 bridgehead atoms. The van der Waals surface area contributed by atoms with Crippen molar-refractivity contribution in [1.82, 2.24) is 9.78 Å². The Morgan fingerprint density at radius 3 is 2.70 bits per heavy atom. The second-order valence-corrected chi connectivity index (χ2v) is 4.76. The van der Waals surface area contributed by atoms with Gasteiger partial charge in [-0.25, -0.2) is 0 Å². The van der Waals surface area contributed by atoms with Crippen molar-refractivity contribution in [3.63, 3.8) is 0 Å². The molecule has 6 nitrogen and oxygen atoms in total. The van der Waals surface area contributed by atoms with E-state index in [1.54, 1.807) is 37.0 Å². The molecule has 0 aliphatic rings. The molecule has 0 aliphatic carbocycles. The van der Waals surface area contributed by atoms with Gasteiger partial charge >= 0.3 is 0 Å². The Labute approximate surface area is 116 Å². The van der Waals surface area contributed by atoms with Gasteiger partial charge in [-0.3, -0.25) is 9.48 Å². The number of hydrogen-bond acceptors (Lipinski definition) is 4. The van der Waals surface area contributed by atoms with Crippen LogP contribution in [-0.2, 0) is 18.3 Å². The number of rotatable bonds is 4. The number of aromatic hydroxyl groups is 2. The molecule has 1 unspecified atom stereocenters. The second-order valence-electron chi connectivity index (χ2n) is 4.76. The molecule has 6 heteroatoms. The van der Waals surface area contributed by atoms with Crippen LogP contribution in [0.15, 0.2) is 30.5 Å². The molecule has 0 spiro atoms. The molecule has 0 aliphatic heterocycles. The molecular formula is C14H17N3O3. The summed E-state index contributed by atoms with van der Waals surface area (Å²) in [6.45, 7) is 1.80. The lowest BCUT2D eigenvalue weighted by molar-refractivity contribution is -0.119. The van der Waals surface area contributed by atoms with Gasteiger partial charge in [-0.15, -0.1) is 0 Å². The second kappa shape index (κ2) is 5.64. The number of nitrogens with zero attached hydrogens (tertiary/aromatic N) is 2. The lowest BCUT2D eigenvalue weighted by atomic mass is 10.00. The lowest BCUT2D eigenvalue weighted by Crippen LogP contribution is -2.23. The number of amides is 1. The summed E-state index contributed by atoms with van der Waals surface area (Å²) in [4.78, 5) is 12.1. The number of aromatic nitrogens is 2. The van der Waals surface area contributed by atoms with Crippen molar-refractivity contribution in [1.29, 1.82) is 0 Å². The first-order valence-electron chi connectivity index (χ1n) is 6.27. The van der Waals surface area contributed by atoms with E-state index in [4.69, 9.17) is 0 Å². The van der Waals surface area contributed by atoms with Gasteiger partial charge in [0.15, 0.2) is 11.5 Å². The molecule has 2 rings (SSSR count). The molecule has 20 heavy (non-hydrogen) atoms. The molecule has 3 N–H and O–H groups in total. The number of phenols is 2. The van der Waals surface area contributed by atoms with E-state index in [1.165, 1.54) is 12.1 Å². The van der Waals surface area contributed by atoms with Gasteiger partial charge in [0.05, 0.1) is 6.20 Å². The Bertz CT molecular complexity index is 622. The zero-order chi connectivity index (χ0) is 14.7. The molecule has 1 atom stereocenters. The summed E-state index contributed by atoms with van der Waals surface area (Å²) in [5, 5.41) is 25.4. The fourth-order valence-corrected chi connectivity index (χ4v) is 1.89. The van der Waals surface area contributed by atoms with Crippen molar-refractivity contribution in [2.24, 2.45) is 13.0 Å². The fourth-order valence-electron chi connectivity index (χ4n) is 1.89. The van der Waals surface area contributed by atoms with E-state index >= 15 is 0 Å². The van der Waals surface area contributed by atoms with Crippen molar-refractivity contribution in [3.05, 3.63) is 36.0 Å². The molecule has 1 heterocycles. The average Bonchev–Trinajstić information content (AvgIpc) is 2.79. The van der Waals surface area contributed by atoms with Crippen LogP contribution in [0.2, 0.25) is 0 Å². The monoisotopic (exact) mass is 275 g/mol. The van der Waals surface area contributed by atoms with Crippen LogP contribution < -0.4 is 5.32 Å². The van der Waals surface area contributed by atoms with E-state index < -0.39 is 0 Å². The van der Waals surface area contributed by atoms with Gasteiger partial charge in [-0.05, 0) is 24.1 Å². The topological polar surface area (TPSA) is 87.4 Å². The van der Waals surface area contributed by atoms with E-state index in [9.17, 15) is 15.0 Å². The standard InChI is InChI=1S/C14H17N3O3/c1-9(7-10-3-4-11(18)12(19)8-10)14(20)16-13-5-6-15-17(13)2/h3-6,8-9,18-19H,7H2,1-2H3,(H,16,20). The fraction of sp³-hybridized carbons (Fsp3) is 0.286. The van der Waals surface area contributed by atoms with E-state index in [0.717, 1.165) is 5.56 Å². The number of hydrogen-bond donors (Lipinski definition) is 3. The van der Waals surface area contributed by atoms with Crippen LogP contribution in [0.5, 0.6) is 11.5 Å². The molecule has 0 fully saturated rings. The van der Waals surface area contributed by atoms with Crippen LogP contribution in [0.1, 0.15) is 12.5 Å². The normalized spacial score (nSPS) is 12.1. The van der Waals surface area contributed by atoms with Crippen molar-refractivity contribution in [3.8, 4) is 11.5 Å². The highest BCUT2D eigenvalue weighted by molar-refractivity contribution is 5.91. The smallest absolute Gasteiger partial charge is 0.228 e. The third kappa shape index (κ3) is 3.09. The quantitative estimate of drug-likeness (QED) is 0.740. The number of phenolic OH excluding ortho intramolecular Hbond substituents is 2. The number of carbonyl (C=O) groups is 1. The SMILES string of the molecule is CC(Cc1ccc(O)c(O)c1)C(=O)Nc1ccnn1C. The minimum absolute atomic E-state index is 0.124. The molecule has 0 saturated heterocycles. The molecule has 1 amide bonds. The zero-order valence-corrected chi connectivity index (χ0v) is 11.4. The molecule has 1 aromatic carbocycles.